The van der Waals surface area contributed by atoms with Crippen molar-refractivity contribution in [2.24, 2.45) is 5.73 Å². The summed E-state index contributed by atoms with van der Waals surface area (Å²) in [5.74, 6) is -0.753. The molecule has 1 aromatic carbocycles. The van der Waals surface area contributed by atoms with Gasteiger partial charge in [-0.1, -0.05) is 18.2 Å². The van der Waals surface area contributed by atoms with E-state index in [1.807, 2.05) is 32.9 Å². The Balaban J connectivity index is 2.87. The van der Waals surface area contributed by atoms with E-state index in [0.29, 0.717) is 12.0 Å². The van der Waals surface area contributed by atoms with Crippen LogP contribution < -0.4 is 5.73 Å². The number of primary amides is 1. The van der Waals surface area contributed by atoms with Gasteiger partial charge in [-0.3, -0.25) is 4.79 Å². The highest BCUT2D eigenvalue weighted by Gasteiger charge is 2.19. The molecule has 0 aliphatic carbocycles. The molecule has 0 heterocycles. The fourth-order valence-corrected chi connectivity index (χ4v) is 1.53. The van der Waals surface area contributed by atoms with Crippen LogP contribution in [-0.2, 0) is 16.0 Å². The predicted octanol–water partition coefficient (Wildman–Crippen LogP) is 2.06. The molecule has 1 aromatic rings. The first-order valence-corrected chi connectivity index (χ1v) is 5.89. The van der Waals surface area contributed by atoms with Crippen molar-refractivity contribution in [2.45, 2.75) is 39.2 Å². The molecular formula is C14H19NO3. The second-order valence-electron chi connectivity index (χ2n) is 5.13. The molecule has 0 saturated heterocycles. The van der Waals surface area contributed by atoms with Gasteiger partial charge in [-0.05, 0) is 38.8 Å². The van der Waals surface area contributed by atoms with Gasteiger partial charge in [-0.25, -0.2) is 4.79 Å². The fraction of sp³-hybridized carbons (Fsp3) is 0.429. The Bertz CT molecular complexity index is 447. The minimum Gasteiger partial charge on any atom is -0.456 e. The SMILES string of the molecule is CC(C)(C)OC(=O)c1ccccc1CCC(N)=O. The Labute approximate surface area is 107 Å². The smallest absolute Gasteiger partial charge is 0.338 e. The number of carbonyl (C=O) groups excluding carboxylic acids is 2. The molecule has 0 aromatic heterocycles. The van der Waals surface area contributed by atoms with Crippen molar-refractivity contribution in [3.05, 3.63) is 35.4 Å². The van der Waals surface area contributed by atoms with Crippen molar-refractivity contribution in [2.75, 3.05) is 0 Å². The number of benzene rings is 1. The summed E-state index contributed by atoms with van der Waals surface area (Å²) in [5, 5.41) is 0. The summed E-state index contributed by atoms with van der Waals surface area (Å²) in [6, 6.07) is 7.10. The van der Waals surface area contributed by atoms with Crippen molar-refractivity contribution >= 4 is 11.9 Å². The van der Waals surface area contributed by atoms with Crippen molar-refractivity contribution in [1.82, 2.24) is 0 Å². The number of esters is 1. The van der Waals surface area contributed by atoms with Crippen molar-refractivity contribution in [3.63, 3.8) is 0 Å². The highest BCUT2D eigenvalue weighted by molar-refractivity contribution is 5.91. The van der Waals surface area contributed by atoms with Crippen molar-refractivity contribution < 1.29 is 14.3 Å². The van der Waals surface area contributed by atoms with Gasteiger partial charge in [0.25, 0.3) is 0 Å². The molecule has 1 rings (SSSR count). The standard InChI is InChI=1S/C14H19NO3/c1-14(2,3)18-13(17)11-7-5-4-6-10(11)8-9-12(15)16/h4-7H,8-9H2,1-3H3,(H2,15,16). The Morgan fingerprint density at radius 3 is 2.39 bits per heavy atom. The number of ether oxygens (including phenoxy) is 1. The van der Waals surface area contributed by atoms with Crippen LogP contribution >= 0.6 is 0 Å². The van der Waals surface area contributed by atoms with Gasteiger partial charge in [-0.15, -0.1) is 0 Å². The summed E-state index contributed by atoms with van der Waals surface area (Å²) in [4.78, 5) is 22.8. The van der Waals surface area contributed by atoms with Crippen LogP contribution in [0.2, 0.25) is 0 Å². The highest BCUT2D eigenvalue weighted by Crippen LogP contribution is 2.16. The summed E-state index contributed by atoms with van der Waals surface area (Å²) in [6.45, 7) is 5.45. The molecule has 0 saturated carbocycles. The number of aryl methyl sites for hydroxylation is 1. The maximum absolute atomic E-state index is 12.0. The lowest BCUT2D eigenvalue weighted by Crippen LogP contribution is -2.24. The molecule has 0 radical (unpaired) electrons. The van der Waals surface area contributed by atoms with E-state index in [1.165, 1.54) is 0 Å². The molecule has 0 atom stereocenters. The molecular weight excluding hydrogens is 230 g/mol. The topological polar surface area (TPSA) is 69.4 Å². The Morgan fingerprint density at radius 1 is 1.22 bits per heavy atom. The third kappa shape index (κ3) is 4.57. The minimum absolute atomic E-state index is 0.222. The average Bonchev–Trinajstić information content (AvgIpc) is 2.24. The lowest BCUT2D eigenvalue weighted by Gasteiger charge is -2.20. The molecule has 0 spiro atoms. The molecule has 2 N–H and O–H groups in total. The van der Waals surface area contributed by atoms with Gasteiger partial charge in [0.2, 0.25) is 5.91 Å². The lowest BCUT2D eigenvalue weighted by molar-refractivity contribution is -0.118. The van der Waals surface area contributed by atoms with E-state index in [2.05, 4.69) is 0 Å². The minimum atomic E-state index is -0.534. The lowest BCUT2D eigenvalue weighted by atomic mass is 10.0. The van der Waals surface area contributed by atoms with Gasteiger partial charge in [0.05, 0.1) is 5.56 Å². The van der Waals surface area contributed by atoms with E-state index in [4.69, 9.17) is 10.5 Å². The van der Waals surface area contributed by atoms with Gasteiger partial charge < -0.3 is 10.5 Å². The van der Waals surface area contributed by atoms with Gasteiger partial charge in [0, 0.05) is 6.42 Å². The largest absolute Gasteiger partial charge is 0.456 e. The molecule has 0 fully saturated rings. The number of amides is 1. The Morgan fingerprint density at radius 2 is 1.83 bits per heavy atom. The van der Waals surface area contributed by atoms with Gasteiger partial charge in [0.1, 0.15) is 5.60 Å². The molecule has 0 unspecified atom stereocenters. The third-order valence-corrected chi connectivity index (χ3v) is 2.28. The highest BCUT2D eigenvalue weighted by atomic mass is 16.6. The first-order chi connectivity index (χ1) is 8.29. The van der Waals surface area contributed by atoms with E-state index < -0.39 is 5.60 Å². The van der Waals surface area contributed by atoms with Crippen molar-refractivity contribution in [3.8, 4) is 0 Å². The monoisotopic (exact) mass is 249 g/mol. The third-order valence-electron chi connectivity index (χ3n) is 2.28. The van der Waals surface area contributed by atoms with Gasteiger partial charge in [0.15, 0.2) is 0 Å². The maximum atomic E-state index is 12.0. The maximum Gasteiger partial charge on any atom is 0.338 e. The molecule has 0 aliphatic heterocycles. The summed E-state index contributed by atoms with van der Waals surface area (Å²) in [6.07, 6.45) is 0.671. The zero-order valence-corrected chi connectivity index (χ0v) is 11.0. The summed E-state index contributed by atoms with van der Waals surface area (Å²) in [7, 11) is 0. The van der Waals surface area contributed by atoms with E-state index in [1.54, 1.807) is 12.1 Å². The first kappa shape index (κ1) is 14.2. The molecule has 98 valence electrons. The first-order valence-electron chi connectivity index (χ1n) is 5.89. The molecule has 0 bridgehead atoms. The van der Waals surface area contributed by atoms with Crippen LogP contribution in [0, 0.1) is 0 Å². The van der Waals surface area contributed by atoms with Crippen LogP contribution in [0.25, 0.3) is 0 Å². The summed E-state index contributed by atoms with van der Waals surface area (Å²) < 4.78 is 5.32. The van der Waals surface area contributed by atoms with Gasteiger partial charge in [-0.2, -0.15) is 0 Å². The zero-order chi connectivity index (χ0) is 13.8. The number of hydrogen-bond donors (Lipinski definition) is 1. The zero-order valence-electron chi connectivity index (χ0n) is 11.0. The summed E-state index contributed by atoms with van der Waals surface area (Å²) >= 11 is 0. The average molecular weight is 249 g/mol. The van der Waals surface area contributed by atoms with Crippen LogP contribution in [0.5, 0.6) is 0 Å². The van der Waals surface area contributed by atoms with Crippen LogP contribution in [-0.4, -0.2) is 17.5 Å². The van der Waals surface area contributed by atoms with Crippen LogP contribution in [0.15, 0.2) is 24.3 Å². The van der Waals surface area contributed by atoms with E-state index in [-0.39, 0.29) is 18.3 Å². The van der Waals surface area contributed by atoms with E-state index in [9.17, 15) is 9.59 Å². The van der Waals surface area contributed by atoms with Crippen LogP contribution in [0.4, 0.5) is 0 Å². The fourth-order valence-electron chi connectivity index (χ4n) is 1.53. The normalized spacial score (nSPS) is 11.1. The number of hydrogen-bond acceptors (Lipinski definition) is 3. The number of nitrogens with two attached hydrogens (primary N) is 1. The van der Waals surface area contributed by atoms with Crippen molar-refractivity contribution in [1.29, 1.82) is 0 Å². The molecule has 0 aliphatic rings. The van der Waals surface area contributed by atoms with Crippen LogP contribution in [0.1, 0.15) is 43.1 Å². The number of carbonyl (C=O) groups is 2. The quantitative estimate of drug-likeness (QED) is 0.830. The molecule has 4 nitrogen and oxygen atoms in total. The predicted molar refractivity (Wildman–Crippen MR) is 69.1 cm³/mol. The Hall–Kier alpha value is -1.84. The molecule has 1 amide bonds. The second-order valence-corrected chi connectivity index (χ2v) is 5.13. The van der Waals surface area contributed by atoms with E-state index >= 15 is 0 Å². The number of rotatable bonds is 4. The Kier molecular flexibility index (Phi) is 4.48. The van der Waals surface area contributed by atoms with Gasteiger partial charge >= 0.3 is 5.97 Å². The molecule has 4 heteroatoms. The van der Waals surface area contributed by atoms with E-state index in [0.717, 1.165) is 5.56 Å². The molecule has 18 heavy (non-hydrogen) atoms. The summed E-state index contributed by atoms with van der Waals surface area (Å²) in [5.41, 5.74) is 5.86. The van der Waals surface area contributed by atoms with Crippen LogP contribution in [0.3, 0.4) is 0 Å². The second kappa shape index (κ2) is 5.67.